The Morgan fingerprint density at radius 3 is 2.63 bits per heavy atom. The van der Waals surface area contributed by atoms with Crippen molar-refractivity contribution in [2.75, 3.05) is 11.9 Å². The van der Waals surface area contributed by atoms with Gasteiger partial charge in [0.05, 0.1) is 12.1 Å². The number of ketones is 1. The predicted molar refractivity (Wildman–Crippen MR) is 136 cm³/mol. The van der Waals surface area contributed by atoms with E-state index in [2.05, 4.69) is 20.3 Å². The van der Waals surface area contributed by atoms with Gasteiger partial charge in [0.25, 0.3) is 5.91 Å². The molecule has 7 nitrogen and oxygen atoms in total. The molecule has 0 spiro atoms. The number of fused-ring (bicyclic) bond motifs is 2. The number of para-hydroxylation sites is 2. The van der Waals surface area contributed by atoms with E-state index in [1.165, 1.54) is 0 Å². The van der Waals surface area contributed by atoms with Crippen LogP contribution in [-0.4, -0.2) is 33.2 Å². The Morgan fingerprint density at radius 2 is 1.77 bits per heavy atom. The number of ether oxygens (including phenoxy) is 1. The number of benzene rings is 3. The zero-order valence-corrected chi connectivity index (χ0v) is 19.2. The summed E-state index contributed by atoms with van der Waals surface area (Å²) in [6, 6.07) is 22.6. The van der Waals surface area contributed by atoms with Crippen molar-refractivity contribution in [1.29, 1.82) is 0 Å². The Hall–Kier alpha value is -4.52. The van der Waals surface area contributed by atoms with Gasteiger partial charge in [-0.3, -0.25) is 19.9 Å². The van der Waals surface area contributed by atoms with Crippen LogP contribution in [0, 0.1) is 0 Å². The van der Waals surface area contributed by atoms with Crippen molar-refractivity contribution < 1.29 is 14.3 Å². The third-order valence-electron chi connectivity index (χ3n) is 5.80. The summed E-state index contributed by atoms with van der Waals surface area (Å²) in [6.07, 6.45) is 2.55. The number of imidazole rings is 1. The molecule has 2 heterocycles. The Morgan fingerprint density at radius 1 is 0.971 bits per heavy atom. The van der Waals surface area contributed by atoms with E-state index in [1.807, 2.05) is 61.5 Å². The normalized spacial score (nSPS) is 11.0. The average Bonchev–Trinajstić information content (AvgIpc) is 3.30. The molecule has 7 heteroatoms. The van der Waals surface area contributed by atoms with Gasteiger partial charge in [0.1, 0.15) is 17.0 Å². The average molecular weight is 465 g/mol. The molecule has 5 rings (SSSR count). The number of nitrogens with one attached hydrogen (secondary N) is 2. The third-order valence-corrected chi connectivity index (χ3v) is 5.80. The van der Waals surface area contributed by atoms with Crippen LogP contribution in [-0.2, 0) is 6.42 Å². The standard InChI is InChI=1S/C28H24N4O3/c1-2-35-25-13-6-5-8-18(25)14-15-24(33)21-11-7-12-22-26(21)31-28(30-22)32-27(34)23-16-19-9-3-4-10-20(19)17-29-23/h3-13,16-17H,2,14-15H2,1H3,(H2,30,31,32,34). The number of Topliss-reactive ketones (excluding diaryl/α,β-unsaturated/α-hetero) is 1. The zero-order valence-electron chi connectivity index (χ0n) is 19.2. The first-order valence-electron chi connectivity index (χ1n) is 11.5. The minimum Gasteiger partial charge on any atom is -0.494 e. The van der Waals surface area contributed by atoms with Gasteiger partial charge in [0, 0.05) is 23.6 Å². The predicted octanol–water partition coefficient (Wildman–Crippen LogP) is 5.58. The van der Waals surface area contributed by atoms with E-state index in [-0.39, 0.29) is 23.3 Å². The van der Waals surface area contributed by atoms with Crippen LogP contribution in [0.5, 0.6) is 5.75 Å². The smallest absolute Gasteiger partial charge is 0.276 e. The lowest BCUT2D eigenvalue weighted by atomic mass is 10.0. The molecule has 0 aliphatic rings. The van der Waals surface area contributed by atoms with Crippen LogP contribution in [0.1, 0.15) is 39.8 Å². The Labute approximate surface area is 202 Å². The number of anilines is 1. The number of amides is 1. The number of aromatic amines is 1. The van der Waals surface area contributed by atoms with Gasteiger partial charge in [0.2, 0.25) is 5.95 Å². The van der Waals surface area contributed by atoms with Crippen LogP contribution < -0.4 is 10.1 Å². The molecule has 5 aromatic rings. The molecule has 0 fully saturated rings. The summed E-state index contributed by atoms with van der Waals surface area (Å²) in [5, 5.41) is 4.65. The van der Waals surface area contributed by atoms with Gasteiger partial charge in [-0.1, -0.05) is 48.5 Å². The maximum Gasteiger partial charge on any atom is 0.276 e. The first kappa shape index (κ1) is 22.3. The molecular formula is C28H24N4O3. The van der Waals surface area contributed by atoms with Gasteiger partial charge < -0.3 is 9.72 Å². The molecule has 1 amide bonds. The van der Waals surface area contributed by atoms with E-state index in [9.17, 15) is 9.59 Å². The summed E-state index contributed by atoms with van der Waals surface area (Å²) in [6.45, 7) is 2.51. The lowest BCUT2D eigenvalue weighted by molar-refractivity contribution is 0.0982. The van der Waals surface area contributed by atoms with Gasteiger partial charge in [0.15, 0.2) is 5.78 Å². The topological polar surface area (TPSA) is 97.0 Å². The first-order valence-corrected chi connectivity index (χ1v) is 11.5. The van der Waals surface area contributed by atoms with Crippen LogP contribution in [0.25, 0.3) is 21.8 Å². The number of nitrogens with zero attached hydrogens (tertiary/aromatic N) is 2. The molecule has 2 aromatic heterocycles. The number of carbonyl (C=O) groups excluding carboxylic acids is 2. The van der Waals surface area contributed by atoms with Gasteiger partial charge in [-0.05, 0) is 48.6 Å². The van der Waals surface area contributed by atoms with E-state index >= 15 is 0 Å². The maximum atomic E-state index is 13.1. The second-order valence-electron chi connectivity index (χ2n) is 8.12. The quantitative estimate of drug-likeness (QED) is 0.292. The number of carbonyl (C=O) groups is 2. The molecule has 0 radical (unpaired) electrons. The summed E-state index contributed by atoms with van der Waals surface area (Å²) in [5.74, 6) is 0.660. The summed E-state index contributed by atoms with van der Waals surface area (Å²) in [7, 11) is 0. The second-order valence-corrected chi connectivity index (χ2v) is 8.12. The number of aromatic nitrogens is 3. The Balaban J connectivity index is 1.34. The van der Waals surface area contributed by atoms with Crippen molar-refractivity contribution >= 4 is 39.4 Å². The lowest BCUT2D eigenvalue weighted by Gasteiger charge is -2.09. The molecule has 2 N–H and O–H groups in total. The van der Waals surface area contributed by atoms with E-state index in [1.54, 1.807) is 24.4 Å². The van der Waals surface area contributed by atoms with E-state index in [4.69, 9.17) is 4.74 Å². The largest absolute Gasteiger partial charge is 0.494 e. The monoisotopic (exact) mass is 464 g/mol. The van der Waals surface area contributed by atoms with Crippen molar-refractivity contribution in [3.63, 3.8) is 0 Å². The van der Waals surface area contributed by atoms with Crippen LogP contribution >= 0.6 is 0 Å². The molecule has 0 atom stereocenters. The number of H-pyrrole nitrogens is 1. The van der Waals surface area contributed by atoms with Crippen LogP contribution in [0.3, 0.4) is 0 Å². The van der Waals surface area contributed by atoms with Crippen LogP contribution in [0.4, 0.5) is 5.95 Å². The van der Waals surface area contributed by atoms with Gasteiger partial charge in [-0.2, -0.15) is 0 Å². The molecule has 174 valence electrons. The number of hydrogen-bond acceptors (Lipinski definition) is 5. The van der Waals surface area contributed by atoms with E-state index in [0.717, 1.165) is 22.1 Å². The Bertz CT molecular complexity index is 1540. The molecule has 0 aliphatic heterocycles. The van der Waals surface area contributed by atoms with E-state index in [0.29, 0.717) is 36.0 Å². The fraction of sp³-hybridized carbons (Fsp3) is 0.143. The van der Waals surface area contributed by atoms with Gasteiger partial charge in [-0.15, -0.1) is 0 Å². The van der Waals surface area contributed by atoms with Crippen molar-refractivity contribution in [3.05, 3.63) is 95.8 Å². The van der Waals surface area contributed by atoms with Crippen molar-refractivity contribution in [1.82, 2.24) is 15.0 Å². The van der Waals surface area contributed by atoms with Crippen LogP contribution in [0.2, 0.25) is 0 Å². The van der Waals surface area contributed by atoms with Gasteiger partial charge >= 0.3 is 0 Å². The highest BCUT2D eigenvalue weighted by molar-refractivity contribution is 6.08. The summed E-state index contributed by atoms with van der Waals surface area (Å²) in [4.78, 5) is 37.7. The maximum absolute atomic E-state index is 13.1. The molecule has 0 bridgehead atoms. The first-order chi connectivity index (χ1) is 17.1. The number of hydrogen-bond donors (Lipinski definition) is 2. The summed E-state index contributed by atoms with van der Waals surface area (Å²) < 4.78 is 5.67. The molecule has 35 heavy (non-hydrogen) atoms. The second kappa shape index (κ2) is 9.77. The van der Waals surface area contributed by atoms with Crippen molar-refractivity contribution in [3.8, 4) is 5.75 Å². The fourth-order valence-electron chi connectivity index (χ4n) is 4.09. The highest BCUT2D eigenvalue weighted by Gasteiger charge is 2.17. The SMILES string of the molecule is CCOc1ccccc1CCC(=O)c1cccc2[nH]c(NC(=O)c3cc4ccccc4cn3)nc12. The van der Waals surface area contributed by atoms with Crippen LogP contribution in [0.15, 0.2) is 79.0 Å². The van der Waals surface area contributed by atoms with E-state index < -0.39 is 0 Å². The Kier molecular flexibility index (Phi) is 6.22. The highest BCUT2D eigenvalue weighted by Crippen LogP contribution is 2.24. The molecule has 0 aliphatic carbocycles. The number of pyridine rings is 1. The minimum absolute atomic E-state index is 0.0255. The number of rotatable bonds is 8. The third kappa shape index (κ3) is 4.75. The minimum atomic E-state index is -0.379. The summed E-state index contributed by atoms with van der Waals surface area (Å²) in [5.41, 5.74) is 2.99. The highest BCUT2D eigenvalue weighted by atomic mass is 16.5. The summed E-state index contributed by atoms with van der Waals surface area (Å²) >= 11 is 0. The molecule has 0 unspecified atom stereocenters. The zero-order chi connectivity index (χ0) is 24.2. The van der Waals surface area contributed by atoms with Crippen molar-refractivity contribution in [2.24, 2.45) is 0 Å². The lowest BCUT2D eigenvalue weighted by Crippen LogP contribution is -2.14. The van der Waals surface area contributed by atoms with Gasteiger partial charge in [-0.25, -0.2) is 4.98 Å². The molecular weight excluding hydrogens is 440 g/mol. The molecule has 0 saturated carbocycles. The van der Waals surface area contributed by atoms with Crippen molar-refractivity contribution in [2.45, 2.75) is 19.8 Å². The number of aryl methyl sites for hydroxylation is 1. The fourth-order valence-corrected chi connectivity index (χ4v) is 4.09. The molecule has 3 aromatic carbocycles. The molecule has 0 saturated heterocycles.